The summed E-state index contributed by atoms with van der Waals surface area (Å²) in [6.07, 6.45) is 0.817. The Bertz CT molecular complexity index is 824. The van der Waals surface area contributed by atoms with Crippen LogP contribution >= 0.6 is 0 Å². The number of halogens is 3. The van der Waals surface area contributed by atoms with E-state index in [1.807, 2.05) is 17.9 Å². The normalized spacial score (nSPS) is 22.1. The number of rotatable bonds is 8. The molecule has 1 aliphatic carbocycles. The molecule has 33 heavy (non-hydrogen) atoms. The Morgan fingerprint density at radius 2 is 1.85 bits per heavy atom. The predicted octanol–water partition coefficient (Wildman–Crippen LogP) is 3.80. The molecule has 2 aliphatic rings. The summed E-state index contributed by atoms with van der Waals surface area (Å²) in [6.45, 7) is 6.38. The Labute approximate surface area is 193 Å². The molecular weight excluding hydrogens is 433 g/mol. The number of alkyl halides is 3. The molecule has 1 N–H and O–H groups in total. The molecule has 1 saturated heterocycles. The number of ether oxygens (including phenoxy) is 1. The quantitative estimate of drug-likeness (QED) is 0.631. The average molecular weight is 467 g/mol. The van der Waals surface area contributed by atoms with Crippen molar-refractivity contribution in [1.82, 2.24) is 10.2 Å². The lowest BCUT2D eigenvalue weighted by atomic mass is 9.84. The Balaban J connectivity index is 1.40. The molecular formula is C24H33F3N4O2. The van der Waals surface area contributed by atoms with Crippen molar-refractivity contribution >= 4 is 11.6 Å². The van der Waals surface area contributed by atoms with Crippen molar-refractivity contribution in [2.24, 2.45) is 5.92 Å². The number of nitrogens with one attached hydrogen (secondary N) is 1. The van der Waals surface area contributed by atoms with Crippen molar-refractivity contribution in [2.45, 2.75) is 51.2 Å². The summed E-state index contributed by atoms with van der Waals surface area (Å²) in [5, 5.41) is 12.2. The molecule has 1 aliphatic heterocycles. The first-order valence-corrected chi connectivity index (χ1v) is 11.7. The maximum atomic E-state index is 13.2. The second-order valence-corrected chi connectivity index (χ2v) is 8.92. The van der Waals surface area contributed by atoms with Crippen LogP contribution in [0.3, 0.4) is 0 Å². The van der Waals surface area contributed by atoms with Gasteiger partial charge in [0.05, 0.1) is 17.2 Å². The van der Waals surface area contributed by atoms with Crippen LogP contribution in [0, 0.1) is 17.2 Å². The second-order valence-electron chi connectivity index (χ2n) is 8.92. The van der Waals surface area contributed by atoms with Crippen LogP contribution in [0.4, 0.5) is 18.9 Å². The number of hydrogen-bond donors (Lipinski definition) is 1. The van der Waals surface area contributed by atoms with Crippen LogP contribution in [0.2, 0.25) is 0 Å². The van der Waals surface area contributed by atoms with Crippen molar-refractivity contribution in [2.75, 3.05) is 50.8 Å². The predicted molar refractivity (Wildman–Crippen MR) is 120 cm³/mol. The Morgan fingerprint density at radius 1 is 1.15 bits per heavy atom. The third-order valence-electron chi connectivity index (χ3n) is 6.61. The van der Waals surface area contributed by atoms with Crippen LogP contribution in [0.1, 0.15) is 50.2 Å². The zero-order chi connectivity index (χ0) is 23.8. The molecule has 182 valence electrons. The highest BCUT2D eigenvalue weighted by atomic mass is 19.4. The summed E-state index contributed by atoms with van der Waals surface area (Å²) in [4.78, 5) is 16.1. The summed E-state index contributed by atoms with van der Waals surface area (Å²) in [6, 6.07) is 5.66. The van der Waals surface area contributed by atoms with Gasteiger partial charge in [0.15, 0.2) is 0 Å². The number of carbonyl (C=O) groups is 1. The number of hydrogen-bond acceptors (Lipinski definition) is 5. The molecule has 0 radical (unpaired) electrons. The van der Waals surface area contributed by atoms with Crippen molar-refractivity contribution in [3.63, 3.8) is 0 Å². The summed E-state index contributed by atoms with van der Waals surface area (Å²) in [7, 11) is 0. The molecule has 0 atom stereocenters. The summed E-state index contributed by atoms with van der Waals surface area (Å²) >= 11 is 0. The molecule has 1 saturated carbocycles. The van der Waals surface area contributed by atoms with E-state index in [4.69, 9.17) is 10.00 Å². The lowest BCUT2D eigenvalue weighted by Crippen LogP contribution is -2.47. The first-order chi connectivity index (χ1) is 15.8. The summed E-state index contributed by atoms with van der Waals surface area (Å²) < 4.78 is 44.6. The van der Waals surface area contributed by atoms with Crippen LogP contribution in [0.5, 0.6) is 0 Å². The third kappa shape index (κ3) is 7.61. The van der Waals surface area contributed by atoms with Crippen LogP contribution in [-0.4, -0.2) is 62.8 Å². The van der Waals surface area contributed by atoms with E-state index < -0.39 is 11.7 Å². The molecule has 1 amide bonds. The van der Waals surface area contributed by atoms with E-state index in [0.717, 1.165) is 63.9 Å². The molecule has 1 heterocycles. The highest BCUT2D eigenvalue weighted by Crippen LogP contribution is 2.33. The van der Waals surface area contributed by atoms with E-state index in [1.54, 1.807) is 0 Å². The largest absolute Gasteiger partial charge is 0.416 e. The monoisotopic (exact) mass is 466 g/mol. The highest BCUT2D eigenvalue weighted by Gasteiger charge is 2.32. The van der Waals surface area contributed by atoms with Crippen LogP contribution in [-0.2, 0) is 15.7 Å². The molecule has 1 aromatic carbocycles. The fourth-order valence-electron chi connectivity index (χ4n) is 4.68. The van der Waals surface area contributed by atoms with Crippen LogP contribution in [0.15, 0.2) is 18.2 Å². The lowest BCUT2D eigenvalue weighted by Gasteiger charge is -2.37. The number of benzene rings is 1. The first kappa shape index (κ1) is 25.3. The number of nitrogens with zero attached hydrogens (tertiary/aromatic N) is 3. The second kappa shape index (κ2) is 11.7. The van der Waals surface area contributed by atoms with Crippen molar-refractivity contribution in [3.8, 4) is 6.07 Å². The van der Waals surface area contributed by atoms with Gasteiger partial charge in [-0.25, -0.2) is 0 Å². The zero-order valence-corrected chi connectivity index (χ0v) is 19.2. The SMILES string of the molecule is CCOCC(=O)NC1CCC(CCN2CCN(c3cc(C#N)cc(C(F)(F)F)c3)CC2)CC1. The van der Waals surface area contributed by atoms with Gasteiger partial charge in [-0.2, -0.15) is 18.4 Å². The van der Waals surface area contributed by atoms with Crippen LogP contribution < -0.4 is 10.2 Å². The van der Waals surface area contributed by atoms with Gasteiger partial charge in [0.25, 0.3) is 0 Å². The van der Waals surface area contributed by atoms with Gasteiger partial charge in [0.2, 0.25) is 5.91 Å². The number of anilines is 1. The fourth-order valence-corrected chi connectivity index (χ4v) is 4.68. The lowest BCUT2D eigenvalue weighted by molar-refractivity contribution is -0.137. The fraction of sp³-hybridized carbons (Fsp3) is 0.667. The molecule has 3 rings (SSSR count). The molecule has 0 unspecified atom stereocenters. The molecule has 2 fully saturated rings. The molecule has 9 heteroatoms. The van der Waals surface area contributed by atoms with E-state index >= 15 is 0 Å². The van der Waals surface area contributed by atoms with E-state index in [-0.39, 0.29) is 24.1 Å². The molecule has 0 spiro atoms. The standard InChI is InChI=1S/C24H33F3N4O2/c1-2-33-17-23(32)29-21-5-3-18(4-6-21)7-8-30-9-11-31(12-10-30)22-14-19(16-28)13-20(15-22)24(25,26)27/h13-15,18,21H,2-12,17H2,1H3,(H,29,32). The highest BCUT2D eigenvalue weighted by molar-refractivity contribution is 5.77. The van der Waals surface area contributed by atoms with Gasteiger partial charge >= 0.3 is 6.18 Å². The Hall–Kier alpha value is -2.31. The van der Waals surface area contributed by atoms with Gasteiger partial charge < -0.3 is 15.0 Å². The molecule has 1 aromatic rings. The number of carbonyl (C=O) groups excluding carboxylic acids is 1. The molecule has 0 aromatic heterocycles. The van der Waals surface area contributed by atoms with Gasteiger partial charge in [-0.1, -0.05) is 0 Å². The van der Waals surface area contributed by atoms with E-state index in [9.17, 15) is 18.0 Å². The maximum Gasteiger partial charge on any atom is 0.416 e. The minimum absolute atomic E-state index is 0.0342. The third-order valence-corrected chi connectivity index (χ3v) is 6.61. The van der Waals surface area contributed by atoms with Crippen molar-refractivity contribution in [1.29, 1.82) is 5.26 Å². The minimum Gasteiger partial charge on any atom is -0.372 e. The Morgan fingerprint density at radius 3 is 2.45 bits per heavy atom. The first-order valence-electron chi connectivity index (χ1n) is 11.7. The van der Waals surface area contributed by atoms with E-state index in [1.165, 1.54) is 6.07 Å². The summed E-state index contributed by atoms with van der Waals surface area (Å²) in [5.74, 6) is 0.602. The van der Waals surface area contributed by atoms with Crippen molar-refractivity contribution in [3.05, 3.63) is 29.3 Å². The number of piperazine rings is 1. The molecule has 0 bridgehead atoms. The minimum atomic E-state index is -4.46. The van der Waals surface area contributed by atoms with Gasteiger partial charge in [-0.3, -0.25) is 9.69 Å². The number of amides is 1. The van der Waals surface area contributed by atoms with E-state index in [0.29, 0.717) is 31.3 Å². The molecule has 6 nitrogen and oxygen atoms in total. The Kier molecular flexibility index (Phi) is 8.98. The van der Waals surface area contributed by atoms with E-state index in [2.05, 4.69) is 10.2 Å². The van der Waals surface area contributed by atoms with Gasteiger partial charge in [-0.05, 0) is 69.7 Å². The van der Waals surface area contributed by atoms with Gasteiger partial charge in [0, 0.05) is 44.5 Å². The zero-order valence-electron chi connectivity index (χ0n) is 19.2. The maximum absolute atomic E-state index is 13.2. The van der Waals surface area contributed by atoms with Crippen molar-refractivity contribution < 1.29 is 22.7 Å². The van der Waals surface area contributed by atoms with Crippen LogP contribution in [0.25, 0.3) is 0 Å². The van der Waals surface area contributed by atoms with Gasteiger partial charge in [0.1, 0.15) is 6.61 Å². The average Bonchev–Trinajstić information content (AvgIpc) is 2.81. The number of nitriles is 1. The smallest absolute Gasteiger partial charge is 0.372 e. The van der Waals surface area contributed by atoms with Gasteiger partial charge in [-0.15, -0.1) is 0 Å². The summed E-state index contributed by atoms with van der Waals surface area (Å²) in [5.41, 5.74) is -0.277. The topological polar surface area (TPSA) is 68.6 Å².